The van der Waals surface area contributed by atoms with Gasteiger partial charge in [0.1, 0.15) is 0 Å². The van der Waals surface area contributed by atoms with Gasteiger partial charge in [0, 0.05) is 0 Å². The van der Waals surface area contributed by atoms with Crippen molar-refractivity contribution >= 4 is 0 Å². The van der Waals surface area contributed by atoms with E-state index in [0.717, 1.165) is 6.42 Å². The molecule has 0 saturated carbocycles. The van der Waals surface area contributed by atoms with Gasteiger partial charge in [-0.15, -0.1) is 6.58 Å². The van der Waals surface area contributed by atoms with Gasteiger partial charge < -0.3 is 0 Å². The molecule has 0 unspecified atom stereocenters. The third kappa shape index (κ3) is 3.74. The highest BCUT2D eigenvalue weighted by Crippen LogP contribution is 2.64. The lowest BCUT2D eigenvalue weighted by molar-refractivity contribution is 0.794. The first-order valence-corrected chi connectivity index (χ1v) is 16.1. The number of rotatable bonds is 5. The number of fused-ring (bicyclic) bond motifs is 10. The molecule has 0 aromatic heterocycles. The second-order valence-corrected chi connectivity index (χ2v) is 12.4. The first-order valence-electron chi connectivity index (χ1n) is 16.1. The van der Waals surface area contributed by atoms with E-state index in [1.54, 1.807) is 0 Å². The van der Waals surface area contributed by atoms with Gasteiger partial charge in [-0.1, -0.05) is 164 Å². The summed E-state index contributed by atoms with van der Waals surface area (Å²) in [6, 6.07) is 60.7. The van der Waals surface area contributed by atoms with Gasteiger partial charge >= 0.3 is 0 Å². The molecule has 7 aromatic carbocycles. The summed E-state index contributed by atoms with van der Waals surface area (Å²) in [7, 11) is 0. The first kappa shape index (κ1) is 26.7. The van der Waals surface area contributed by atoms with Crippen LogP contribution >= 0.6 is 0 Å². The van der Waals surface area contributed by atoms with Gasteiger partial charge in [-0.2, -0.15) is 0 Å². The predicted molar refractivity (Wildman–Crippen MR) is 193 cm³/mol. The van der Waals surface area contributed by atoms with Crippen molar-refractivity contribution in [2.75, 3.05) is 0 Å². The fourth-order valence-corrected chi connectivity index (χ4v) is 8.22. The SMILES string of the molecule is C=CCc1ccc(-c2cccc3c2-c2ccccc2C32c3ccccc3-c3ccccc32)c(-c2cccc(-c3ccccc3)c2)c1. The molecule has 9 rings (SSSR count). The maximum absolute atomic E-state index is 4.04. The molecule has 0 atom stereocenters. The van der Waals surface area contributed by atoms with E-state index < -0.39 is 0 Å². The van der Waals surface area contributed by atoms with E-state index >= 15 is 0 Å². The van der Waals surface area contributed by atoms with Crippen molar-refractivity contribution in [1.82, 2.24) is 0 Å². The molecule has 0 fully saturated rings. The van der Waals surface area contributed by atoms with Crippen LogP contribution in [-0.4, -0.2) is 0 Å². The van der Waals surface area contributed by atoms with Gasteiger partial charge in [-0.05, 0) is 95.9 Å². The van der Waals surface area contributed by atoms with Gasteiger partial charge in [0.25, 0.3) is 0 Å². The van der Waals surface area contributed by atoms with Crippen LogP contribution in [0.4, 0.5) is 0 Å². The Hall–Kier alpha value is -5.72. The molecular weight excluding hydrogens is 553 g/mol. The molecule has 0 aliphatic heterocycles. The maximum atomic E-state index is 4.04. The Morgan fingerprint density at radius 1 is 0.391 bits per heavy atom. The van der Waals surface area contributed by atoms with Crippen LogP contribution in [0.2, 0.25) is 0 Å². The summed E-state index contributed by atoms with van der Waals surface area (Å²) in [6.07, 6.45) is 2.83. The average Bonchev–Trinajstić information content (AvgIpc) is 3.60. The zero-order chi connectivity index (χ0) is 30.7. The second-order valence-electron chi connectivity index (χ2n) is 12.4. The Morgan fingerprint density at radius 2 is 0.935 bits per heavy atom. The van der Waals surface area contributed by atoms with Crippen LogP contribution in [0.5, 0.6) is 0 Å². The number of hydrogen-bond donors (Lipinski definition) is 0. The normalized spacial score (nSPS) is 13.1. The van der Waals surface area contributed by atoms with Crippen molar-refractivity contribution in [2.24, 2.45) is 0 Å². The molecule has 0 radical (unpaired) electrons. The van der Waals surface area contributed by atoms with Crippen molar-refractivity contribution in [2.45, 2.75) is 11.8 Å². The molecular formula is C46H32. The Bertz CT molecular complexity index is 2260. The summed E-state index contributed by atoms with van der Waals surface area (Å²) in [4.78, 5) is 0. The van der Waals surface area contributed by atoms with Crippen molar-refractivity contribution in [1.29, 1.82) is 0 Å². The van der Waals surface area contributed by atoms with Crippen molar-refractivity contribution in [3.8, 4) is 55.6 Å². The van der Waals surface area contributed by atoms with E-state index in [1.807, 2.05) is 6.08 Å². The van der Waals surface area contributed by atoms with E-state index in [9.17, 15) is 0 Å². The minimum absolute atomic E-state index is 0.356. The van der Waals surface area contributed by atoms with E-state index in [1.165, 1.54) is 83.5 Å². The zero-order valence-corrected chi connectivity index (χ0v) is 25.6. The Balaban J connectivity index is 1.33. The largest absolute Gasteiger partial charge is 0.103 e. The van der Waals surface area contributed by atoms with Crippen LogP contribution < -0.4 is 0 Å². The van der Waals surface area contributed by atoms with Gasteiger partial charge in [-0.3, -0.25) is 0 Å². The highest BCUT2D eigenvalue weighted by Gasteiger charge is 2.51. The lowest BCUT2D eigenvalue weighted by Gasteiger charge is -2.30. The molecule has 1 spiro atoms. The third-order valence-electron chi connectivity index (χ3n) is 10.1. The molecule has 0 amide bonds. The Labute approximate surface area is 271 Å². The number of allylic oxidation sites excluding steroid dienone is 1. The minimum Gasteiger partial charge on any atom is -0.103 e. The highest BCUT2D eigenvalue weighted by molar-refractivity contribution is 6.02. The molecule has 216 valence electrons. The van der Waals surface area contributed by atoms with Crippen LogP contribution in [0.1, 0.15) is 27.8 Å². The number of hydrogen-bond acceptors (Lipinski definition) is 0. The van der Waals surface area contributed by atoms with Crippen molar-refractivity contribution in [3.63, 3.8) is 0 Å². The van der Waals surface area contributed by atoms with Crippen LogP contribution in [-0.2, 0) is 11.8 Å². The minimum atomic E-state index is -0.356. The summed E-state index contributed by atoms with van der Waals surface area (Å²) in [5.74, 6) is 0. The van der Waals surface area contributed by atoms with Crippen LogP contribution in [0.25, 0.3) is 55.6 Å². The average molecular weight is 585 g/mol. The second kappa shape index (κ2) is 10.4. The van der Waals surface area contributed by atoms with Gasteiger partial charge in [0.15, 0.2) is 0 Å². The van der Waals surface area contributed by atoms with E-state index in [4.69, 9.17) is 0 Å². The summed E-state index contributed by atoms with van der Waals surface area (Å²) >= 11 is 0. The monoisotopic (exact) mass is 584 g/mol. The molecule has 0 N–H and O–H groups in total. The van der Waals surface area contributed by atoms with Crippen molar-refractivity contribution in [3.05, 3.63) is 204 Å². The lowest BCUT2D eigenvalue weighted by Crippen LogP contribution is -2.25. The summed E-state index contributed by atoms with van der Waals surface area (Å²) in [5, 5.41) is 0. The molecule has 0 saturated heterocycles. The molecule has 0 nitrogen and oxygen atoms in total. The molecule has 2 aliphatic rings. The molecule has 0 heteroatoms. The third-order valence-corrected chi connectivity index (χ3v) is 10.1. The standard InChI is InChI=1S/C46H32/c1-2-14-31-27-28-35(40(29-31)34-18-12-17-33(30-34)32-15-4-3-5-16-32)38-22-13-26-44-45(38)39-21-8-11-25-43(39)46(44)41-23-9-6-19-36(41)37-20-7-10-24-42(37)46/h2-13,15-30H,1,14H2. The van der Waals surface area contributed by atoms with Crippen LogP contribution in [0.3, 0.4) is 0 Å². The Morgan fingerprint density at radius 3 is 1.65 bits per heavy atom. The Kier molecular flexibility index (Phi) is 6.05. The highest BCUT2D eigenvalue weighted by atomic mass is 14.5. The fraction of sp³-hybridized carbons (Fsp3) is 0.0435. The fourth-order valence-electron chi connectivity index (χ4n) is 8.22. The molecule has 0 heterocycles. The quantitative estimate of drug-likeness (QED) is 0.177. The number of benzene rings is 7. The van der Waals surface area contributed by atoms with E-state index in [0.29, 0.717) is 0 Å². The smallest absolute Gasteiger partial charge is 0.0725 e. The zero-order valence-electron chi connectivity index (χ0n) is 25.6. The van der Waals surface area contributed by atoms with E-state index in [2.05, 4.69) is 170 Å². The summed E-state index contributed by atoms with van der Waals surface area (Å²) in [5.41, 5.74) is 19.1. The van der Waals surface area contributed by atoms with Gasteiger partial charge in [0.05, 0.1) is 5.41 Å². The first-order chi connectivity index (χ1) is 22.8. The van der Waals surface area contributed by atoms with Gasteiger partial charge in [0.2, 0.25) is 0 Å². The van der Waals surface area contributed by atoms with E-state index in [-0.39, 0.29) is 5.41 Å². The topological polar surface area (TPSA) is 0 Å². The molecule has 2 aliphatic carbocycles. The molecule has 0 bridgehead atoms. The molecule has 7 aromatic rings. The summed E-state index contributed by atoms with van der Waals surface area (Å²) < 4.78 is 0. The van der Waals surface area contributed by atoms with Crippen LogP contribution in [0.15, 0.2) is 176 Å². The predicted octanol–water partition coefficient (Wildman–Crippen LogP) is 11.8. The maximum Gasteiger partial charge on any atom is 0.0725 e. The molecule has 46 heavy (non-hydrogen) atoms. The summed E-state index contributed by atoms with van der Waals surface area (Å²) in [6.45, 7) is 4.04. The van der Waals surface area contributed by atoms with Gasteiger partial charge in [-0.25, -0.2) is 0 Å². The van der Waals surface area contributed by atoms with Crippen LogP contribution in [0, 0.1) is 0 Å². The lowest BCUT2D eigenvalue weighted by atomic mass is 9.70. The van der Waals surface area contributed by atoms with Crippen molar-refractivity contribution < 1.29 is 0 Å².